The van der Waals surface area contributed by atoms with E-state index >= 15 is 0 Å². The van der Waals surface area contributed by atoms with E-state index in [-0.39, 0.29) is 30.2 Å². The van der Waals surface area contributed by atoms with Gasteiger partial charge in [0.1, 0.15) is 6.04 Å². The number of carbonyl (C=O) groups excluding carboxylic acids is 2. The molecule has 168 valence electrons. The molecule has 0 spiro atoms. The maximum atomic E-state index is 13.1. The van der Waals surface area contributed by atoms with Gasteiger partial charge in [-0.2, -0.15) is 0 Å². The van der Waals surface area contributed by atoms with Crippen LogP contribution >= 0.6 is 58.2 Å². The molecule has 0 aliphatic rings. The number of carbonyl (C=O) groups is 2. The molecular formula is C22H24Cl4N2O2S. The Morgan fingerprint density at radius 1 is 0.968 bits per heavy atom. The van der Waals surface area contributed by atoms with Crippen molar-refractivity contribution in [2.45, 2.75) is 45.2 Å². The second-order valence-electron chi connectivity index (χ2n) is 7.34. The van der Waals surface area contributed by atoms with Crippen LogP contribution in [0.5, 0.6) is 0 Å². The first-order valence-corrected chi connectivity index (χ1v) is 12.3. The first-order valence-electron chi connectivity index (χ1n) is 9.64. The summed E-state index contributed by atoms with van der Waals surface area (Å²) < 4.78 is 0. The van der Waals surface area contributed by atoms with Crippen LogP contribution in [0, 0.1) is 0 Å². The highest BCUT2D eigenvalue weighted by Gasteiger charge is 2.27. The fraction of sp³-hybridized carbons (Fsp3) is 0.364. The molecule has 1 N–H and O–H groups in total. The lowest BCUT2D eigenvalue weighted by Crippen LogP contribution is -2.49. The van der Waals surface area contributed by atoms with Gasteiger partial charge in [-0.1, -0.05) is 58.5 Å². The van der Waals surface area contributed by atoms with Crippen LogP contribution in [0.2, 0.25) is 20.1 Å². The Labute approximate surface area is 207 Å². The number of nitrogens with zero attached hydrogens (tertiary/aromatic N) is 1. The minimum Gasteiger partial charge on any atom is -0.352 e. The quantitative estimate of drug-likeness (QED) is 0.411. The second-order valence-corrected chi connectivity index (χ2v) is 9.98. The van der Waals surface area contributed by atoms with Crippen molar-refractivity contribution < 1.29 is 9.59 Å². The van der Waals surface area contributed by atoms with Crippen molar-refractivity contribution in [2.75, 3.05) is 5.75 Å². The number of hydrogen-bond acceptors (Lipinski definition) is 3. The highest BCUT2D eigenvalue weighted by atomic mass is 35.5. The summed E-state index contributed by atoms with van der Waals surface area (Å²) in [6.45, 7) is 5.66. The number of halogens is 4. The third kappa shape index (κ3) is 8.07. The Kier molecular flexibility index (Phi) is 10.3. The van der Waals surface area contributed by atoms with Crippen LogP contribution in [0.3, 0.4) is 0 Å². The molecule has 31 heavy (non-hydrogen) atoms. The monoisotopic (exact) mass is 520 g/mol. The van der Waals surface area contributed by atoms with Gasteiger partial charge in [-0.3, -0.25) is 9.59 Å². The number of thioether (sulfide) groups is 1. The van der Waals surface area contributed by atoms with Crippen molar-refractivity contribution in [2.24, 2.45) is 0 Å². The summed E-state index contributed by atoms with van der Waals surface area (Å²) in [5.41, 5.74) is 1.68. The molecule has 0 saturated heterocycles. The Morgan fingerprint density at radius 3 is 2.29 bits per heavy atom. The molecule has 0 radical (unpaired) electrons. The van der Waals surface area contributed by atoms with Crippen molar-refractivity contribution in [3.63, 3.8) is 0 Å². The molecule has 1 unspecified atom stereocenters. The summed E-state index contributed by atoms with van der Waals surface area (Å²) in [5, 5.41) is 4.78. The van der Waals surface area contributed by atoms with Crippen LogP contribution in [0.15, 0.2) is 36.4 Å². The normalized spacial score (nSPS) is 12.0. The molecule has 9 heteroatoms. The summed E-state index contributed by atoms with van der Waals surface area (Å²) in [7, 11) is 0. The molecule has 2 amide bonds. The van der Waals surface area contributed by atoms with Gasteiger partial charge in [-0.25, -0.2) is 0 Å². The van der Waals surface area contributed by atoms with Gasteiger partial charge in [0.2, 0.25) is 11.8 Å². The van der Waals surface area contributed by atoms with Crippen LogP contribution in [-0.2, 0) is 21.9 Å². The van der Waals surface area contributed by atoms with E-state index < -0.39 is 6.04 Å². The highest BCUT2D eigenvalue weighted by molar-refractivity contribution is 7.99. The van der Waals surface area contributed by atoms with Crippen molar-refractivity contribution in [1.29, 1.82) is 0 Å². The lowest BCUT2D eigenvalue weighted by Gasteiger charge is -2.29. The maximum absolute atomic E-state index is 13.1. The predicted octanol–water partition coefficient (Wildman–Crippen LogP) is 6.48. The van der Waals surface area contributed by atoms with Crippen molar-refractivity contribution in [3.8, 4) is 0 Å². The third-order valence-electron chi connectivity index (χ3n) is 4.43. The van der Waals surface area contributed by atoms with E-state index in [0.717, 1.165) is 11.1 Å². The smallest absolute Gasteiger partial charge is 0.242 e. The Balaban J connectivity index is 2.12. The molecule has 0 bridgehead atoms. The van der Waals surface area contributed by atoms with Crippen molar-refractivity contribution in [3.05, 3.63) is 67.6 Å². The minimum absolute atomic E-state index is 0.0324. The van der Waals surface area contributed by atoms with Crippen LogP contribution in [0.1, 0.15) is 31.9 Å². The number of rotatable bonds is 9. The van der Waals surface area contributed by atoms with E-state index in [9.17, 15) is 9.59 Å². The third-order valence-corrected chi connectivity index (χ3v) is 6.75. The summed E-state index contributed by atoms with van der Waals surface area (Å²) in [6, 6.07) is 9.79. The Morgan fingerprint density at radius 2 is 1.68 bits per heavy atom. The van der Waals surface area contributed by atoms with Gasteiger partial charge in [-0.05, 0) is 56.2 Å². The zero-order valence-corrected chi connectivity index (χ0v) is 21.3. The van der Waals surface area contributed by atoms with Crippen LogP contribution in [0.25, 0.3) is 0 Å². The second kappa shape index (κ2) is 12.2. The summed E-state index contributed by atoms with van der Waals surface area (Å²) >= 11 is 25.7. The lowest BCUT2D eigenvalue weighted by molar-refractivity contribution is -0.138. The molecule has 0 aromatic heterocycles. The van der Waals surface area contributed by atoms with E-state index in [0.29, 0.717) is 25.8 Å². The first-order chi connectivity index (χ1) is 14.6. The van der Waals surface area contributed by atoms with Gasteiger partial charge >= 0.3 is 0 Å². The van der Waals surface area contributed by atoms with Gasteiger partial charge in [0, 0.05) is 28.4 Å². The minimum atomic E-state index is -0.660. The summed E-state index contributed by atoms with van der Waals surface area (Å²) in [5.74, 6) is 0.403. The SMILES string of the molecule is CC(C)NC(=O)C(C)N(Cc1ccc(Cl)cc1Cl)C(=O)CSCc1ccc(Cl)c(Cl)c1. The number of hydrogen-bond donors (Lipinski definition) is 1. The van der Waals surface area contributed by atoms with E-state index in [4.69, 9.17) is 46.4 Å². The Bertz CT molecular complexity index is 940. The van der Waals surface area contributed by atoms with Crippen molar-refractivity contribution >= 4 is 70.0 Å². The number of nitrogens with one attached hydrogen (secondary N) is 1. The van der Waals surface area contributed by atoms with Gasteiger partial charge in [0.25, 0.3) is 0 Å². The largest absolute Gasteiger partial charge is 0.352 e. The van der Waals surface area contributed by atoms with Gasteiger partial charge in [0.05, 0.1) is 15.8 Å². The molecular weight excluding hydrogens is 498 g/mol. The van der Waals surface area contributed by atoms with E-state index in [1.807, 2.05) is 19.9 Å². The number of amides is 2. The molecule has 2 aromatic carbocycles. The topological polar surface area (TPSA) is 49.4 Å². The molecule has 1 atom stereocenters. The predicted molar refractivity (Wildman–Crippen MR) is 132 cm³/mol. The standard InChI is InChI=1S/C22H24Cl4N2O2S/c1-13(2)27-22(30)14(3)28(10-16-5-6-17(23)9-19(16)25)21(29)12-31-11-15-4-7-18(24)20(26)8-15/h4-9,13-14H,10-12H2,1-3H3,(H,27,30). The molecule has 0 aliphatic heterocycles. The zero-order chi connectivity index (χ0) is 23.1. The zero-order valence-electron chi connectivity index (χ0n) is 17.4. The van der Waals surface area contributed by atoms with Crippen LogP contribution in [0.4, 0.5) is 0 Å². The fourth-order valence-corrected chi connectivity index (χ4v) is 4.44. The van der Waals surface area contributed by atoms with Gasteiger partial charge < -0.3 is 10.2 Å². The lowest BCUT2D eigenvalue weighted by atomic mass is 10.1. The van der Waals surface area contributed by atoms with Crippen LogP contribution < -0.4 is 5.32 Å². The van der Waals surface area contributed by atoms with Gasteiger partial charge in [0.15, 0.2) is 0 Å². The van der Waals surface area contributed by atoms with Crippen LogP contribution in [-0.4, -0.2) is 34.6 Å². The van der Waals surface area contributed by atoms with E-state index in [1.165, 1.54) is 16.7 Å². The van der Waals surface area contributed by atoms with E-state index in [2.05, 4.69) is 5.32 Å². The molecule has 2 rings (SSSR count). The first kappa shape index (κ1) is 26.1. The summed E-state index contributed by atoms with van der Waals surface area (Å²) in [6.07, 6.45) is 0. The van der Waals surface area contributed by atoms with Crippen molar-refractivity contribution in [1.82, 2.24) is 10.2 Å². The van der Waals surface area contributed by atoms with Gasteiger partial charge in [-0.15, -0.1) is 11.8 Å². The molecule has 2 aromatic rings. The average molecular weight is 522 g/mol. The van der Waals surface area contributed by atoms with E-state index in [1.54, 1.807) is 37.3 Å². The fourth-order valence-electron chi connectivity index (χ4n) is 2.79. The molecule has 0 saturated carbocycles. The molecule has 0 fully saturated rings. The number of benzene rings is 2. The average Bonchev–Trinajstić information content (AvgIpc) is 2.69. The summed E-state index contributed by atoms with van der Waals surface area (Å²) in [4.78, 5) is 27.2. The maximum Gasteiger partial charge on any atom is 0.242 e. The molecule has 0 heterocycles. The molecule has 4 nitrogen and oxygen atoms in total. The highest BCUT2D eigenvalue weighted by Crippen LogP contribution is 2.26. The molecule has 0 aliphatic carbocycles. The Hall–Kier alpha value is -1.11.